The number of amides is 1. The third-order valence-electron chi connectivity index (χ3n) is 3.22. The number of carbonyl (C=O) groups is 1. The van der Waals surface area contributed by atoms with Crippen LogP contribution in [0.25, 0.3) is 0 Å². The zero-order valence-electron chi connectivity index (χ0n) is 7.72. The van der Waals surface area contributed by atoms with E-state index in [9.17, 15) is 4.79 Å². The Kier molecular flexibility index (Phi) is 1.91. The van der Waals surface area contributed by atoms with Crippen molar-refractivity contribution < 1.29 is 4.79 Å². The first kappa shape index (κ1) is 9.07. The van der Waals surface area contributed by atoms with Crippen LogP contribution in [-0.2, 0) is 4.79 Å². The average molecular weight is 200 g/mol. The van der Waals surface area contributed by atoms with Crippen LogP contribution >= 0.6 is 11.6 Å². The molecule has 0 bridgehead atoms. The fourth-order valence-electron chi connectivity index (χ4n) is 2.58. The minimum Gasteiger partial charge on any atom is -0.351 e. The summed E-state index contributed by atoms with van der Waals surface area (Å²) in [6.07, 6.45) is 3.24. The molecular formula is C10H14ClNO. The number of rotatable bonds is 2. The number of hydrogen-bond acceptors (Lipinski definition) is 1. The van der Waals surface area contributed by atoms with E-state index >= 15 is 0 Å². The van der Waals surface area contributed by atoms with Crippen LogP contribution in [0.3, 0.4) is 0 Å². The lowest BCUT2D eigenvalue weighted by Gasteiger charge is -2.15. The van der Waals surface area contributed by atoms with Gasteiger partial charge < -0.3 is 5.32 Å². The monoisotopic (exact) mass is 199 g/mol. The van der Waals surface area contributed by atoms with Crippen LogP contribution in [0.4, 0.5) is 0 Å². The molecule has 0 radical (unpaired) electrons. The Morgan fingerprint density at radius 1 is 1.85 bits per heavy atom. The molecular weight excluding hydrogens is 186 g/mol. The predicted molar refractivity (Wildman–Crippen MR) is 52.6 cm³/mol. The molecule has 1 saturated heterocycles. The number of nitrogens with one attached hydrogen (secondary N) is 1. The molecule has 1 saturated carbocycles. The minimum atomic E-state index is -0.229. The highest BCUT2D eigenvalue weighted by molar-refractivity contribution is 6.27. The van der Waals surface area contributed by atoms with Crippen LogP contribution in [0.5, 0.6) is 0 Å². The van der Waals surface area contributed by atoms with Crippen molar-refractivity contribution in [2.75, 3.05) is 0 Å². The van der Waals surface area contributed by atoms with Gasteiger partial charge in [-0.25, -0.2) is 0 Å². The summed E-state index contributed by atoms with van der Waals surface area (Å²) in [7, 11) is 0. The molecule has 2 aliphatic rings. The average Bonchev–Trinajstić information content (AvgIpc) is 2.56. The summed E-state index contributed by atoms with van der Waals surface area (Å²) in [5, 5.41) is 2.94. The van der Waals surface area contributed by atoms with E-state index in [0.29, 0.717) is 18.3 Å². The summed E-state index contributed by atoms with van der Waals surface area (Å²) in [6, 6.07) is 0.184. The fourth-order valence-corrected chi connectivity index (χ4v) is 3.16. The third-order valence-corrected chi connectivity index (χ3v) is 3.86. The number of halogens is 1. The molecule has 72 valence electrons. The van der Waals surface area contributed by atoms with Crippen molar-refractivity contribution in [2.24, 2.45) is 11.8 Å². The molecule has 0 spiro atoms. The van der Waals surface area contributed by atoms with Crippen molar-refractivity contribution in [2.45, 2.75) is 30.7 Å². The maximum Gasteiger partial charge on any atom is 0.220 e. The summed E-state index contributed by atoms with van der Waals surface area (Å²) in [6.45, 7) is 5.79. The Balaban J connectivity index is 2.13. The maximum atomic E-state index is 11.2. The van der Waals surface area contributed by atoms with E-state index in [-0.39, 0.29) is 16.8 Å². The number of hydrogen-bond donors (Lipinski definition) is 1. The van der Waals surface area contributed by atoms with E-state index in [0.717, 1.165) is 6.42 Å². The fraction of sp³-hybridized carbons (Fsp3) is 0.700. The van der Waals surface area contributed by atoms with Crippen LogP contribution in [0.1, 0.15) is 19.8 Å². The lowest BCUT2D eigenvalue weighted by molar-refractivity contribution is -0.123. The molecule has 0 aromatic rings. The second-order valence-electron chi connectivity index (χ2n) is 4.17. The zero-order chi connectivity index (χ0) is 9.64. The molecule has 0 aromatic heterocycles. The molecule has 0 unspecified atom stereocenters. The van der Waals surface area contributed by atoms with Crippen LogP contribution in [-0.4, -0.2) is 16.8 Å². The van der Waals surface area contributed by atoms with Gasteiger partial charge in [-0.05, 0) is 12.3 Å². The molecule has 1 aliphatic carbocycles. The van der Waals surface area contributed by atoms with Crippen molar-refractivity contribution in [1.82, 2.24) is 5.32 Å². The van der Waals surface area contributed by atoms with Gasteiger partial charge in [0, 0.05) is 12.3 Å². The molecule has 1 N–H and O–H groups in total. The highest BCUT2D eigenvalue weighted by Gasteiger charge is 2.67. The molecule has 2 nitrogen and oxygen atoms in total. The smallest absolute Gasteiger partial charge is 0.220 e. The molecule has 1 aliphatic heterocycles. The highest BCUT2D eigenvalue weighted by atomic mass is 35.5. The van der Waals surface area contributed by atoms with Gasteiger partial charge in [0.05, 0.1) is 10.9 Å². The predicted octanol–water partition coefficient (Wildman–Crippen LogP) is 1.69. The maximum absolute atomic E-state index is 11.2. The van der Waals surface area contributed by atoms with Crippen molar-refractivity contribution in [3.05, 3.63) is 12.7 Å². The molecule has 2 fully saturated rings. The molecule has 3 heteroatoms. The molecule has 13 heavy (non-hydrogen) atoms. The van der Waals surface area contributed by atoms with Gasteiger partial charge in [0.1, 0.15) is 0 Å². The summed E-state index contributed by atoms with van der Waals surface area (Å²) >= 11 is 6.39. The molecule has 1 amide bonds. The molecule has 0 aromatic carbocycles. The Morgan fingerprint density at radius 2 is 2.54 bits per heavy atom. The van der Waals surface area contributed by atoms with Gasteiger partial charge in [-0.2, -0.15) is 0 Å². The summed E-state index contributed by atoms with van der Waals surface area (Å²) in [5.74, 6) is 1.00. The van der Waals surface area contributed by atoms with Gasteiger partial charge in [0.25, 0.3) is 0 Å². The van der Waals surface area contributed by atoms with E-state index in [2.05, 4.69) is 18.8 Å². The van der Waals surface area contributed by atoms with Gasteiger partial charge in [-0.15, -0.1) is 18.2 Å². The second-order valence-corrected chi connectivity index (χ2v) is 4.88. The van der Waals surface area contributed by atoms with E-state index in [4.69, 9.17) is 11.6 Å². The quantitative estimate of drug-likeness (QED) is 0.532. The first-order valence-corrected chi connectivity index (χ1v) is 5.06. The first-order chi connectivity index (χ1) is 6.09. The van der Waals surface area contributed by atoms with Crippen molar-refractivity contribution in [1.29, 1.82) is 0 Å². The Hall–Kier alpha value is -0.500. The van der Waals surface area contributed by atoms with Crippen molar-refractivity contribution in [3.8, 4) is 0 Å². The number of piperidine rings is 1. The number of allylic oxidation sites excluding steroid dienone is 1. The molecule has 2 rings (SSSR count). The van der Waals surface area contributed by atoms with Gasteiger partial charge in [0.2, 0.25) is 5.91 Å². The first-order valence-electron chi connectivity index (χ1n) is 4.69. The normalized spacial score (nSPS) is 47.8. The standard InChI is InChI=1S/C10H14ClNO/c1-3-4-10(11)8-6(2)5-7(13)12-9(8)10/h3,6,8-9H,1,4-5H2,2H3,(H,12,13)/t6-,8+,9-,10+/m0/s1. The summed E-state index contributed by atoms with van der Waals surface area (Å²) in [5.41, 5.74) is 0. The van der Waals surface area contributed by atoms with Gasteiger partial charge in [-0.3, -0.25) is 4.79 Å². The van der Waals surface area contributed by atoms with Crippen LogP contribution in [0.2, 0.25) is 0 Å². The van der Waals surface area contributed by atoms with Gasteiger partial charge >= 0.3 is 0 Å². The topological polar surface area (TPSA) is 29.1 Å². The van der Waals surface area contributed by atoms with E-state index in [1.165, 1.54) is 0 Å². The van der Waals surface area contributed by atoms with Crippen LogP contribution < -0.4 is 5.32 Å². The molecule has 1 heterocycles. The lowest BCUT2D eigenvalue weighted by atomic mass is 9.97. The summed E-state index contributed by atoms with van der Waals surface area (Å²) in [4.78, 5) is 11.0. The van der Waals surface area contributed by atoms with E-state index < -0.39 is 0 Å². The number of alkyl halides is 1. The Morgan fingerprint density at radius 3 is 3.15 bits per heavy atom. The van der Waals surface area contributed by atoms with Crippen molar-refractivity contribution in [3.63, 3.8) is 0 Å². The Bertz CT molecular complexity index is 266. The molecule has 4 atom stereocenters. The Labute approximate surface area is 83.3 Å². The minimum absolute atomic E-state index is 0.139. The largest absolute Gasteiger partial charge is 0.351 e. The SMILES string of the molecule is C=CC[C@@]1(Cl)[C@@H]2[C@@H](C)CC(=O)N[C@@H]21. The lowest BCUT2D eigenvalue weighted by Crippen LogP contribution is -2.34. The second kappa shape index (κ2) is 2.74. The van der Waals surface area contributed by atoms with E-state index in [1.54, 1.807) is 0 Å². The van der Waals surface area contributed by atoms with Crippen LogP contribution in [0, 0.1) is 11.8 Å². The summed E-state index contributed by atoms with van der Waals surface area (Å²) < 4.78 is 0. The third kappa shape index (κ3) is 1.19. The number of fused-ring (bicyclic) bond motifs is 1. The number of carbonyl (C=O) groups excluding carboxylic acids is 1. The van der Waals surface area contributed by atoms with Crippen LogP contribution in [0.15, 0.2) is 12.7 Å². The van der Waals surface area contributed by atoms with E-state index in [1.807, 2.05) is 6.08 Å². The zero-order valence-corrected chi connectivity index (χ0v) is 8.47. The van der Waals surface area contributed by atoms with Gasteiger partial charge in [0.15, 0.2) is 0 Å². The van der Waals surface area contributed by atoms with Crippen molar-refractivity contribution >= 4 is 17.5 Å². The highest BCUT2D eigenvalue weighted by Crippen LogP contribution is 2.58. The van der Waals surface area contributed by atoms with Gasteiger partial charge in [-0.1, -0.05) is 13.0 Å².